The molecule has 1 amide bonds. The number of carbonyl (C=O) groups is 2. The zero-order chi connectivity index (χ0) is 22.7. The Hall–Kier alpha value is -3.46. The topological polar surface area (TPSA) is 99.0 Å². The molecule has 0 saturated heterocycles. The number of hydrogen-bond donors (Lipinski definition) is 0. The first-order chi connectivity index (χ1) is 14.8. The van der Waals surface area contributed by atoms with Crippen LogP contribution in [0.4, 0.5) is 11.4 Å². The molecule has 2 aromatic rings. The van der Waals surface area contributed by atoms with E-state index in [9.17, 15) is 19.7 Å². The number of methoxy groups -OCH3 is 1. The van der Waals surface area contributed by atoms with E-state index in [1.807, 2.05) is 0 Å². The van der Waals surface area contributed by atoms with E-state index in [-0.39, 0.29) is 29.2 Å². The largest absolute Gasteiger partial charge is 0.490 e. The lowest BCUT2D eigenvalue weighted by Crippen LogP contribution is -2.24. The quantitative estimate of drug-likeness (QED) is 0.255. The van der Waals surface area contributed by atoms with Crippen molar-refractivity contribution in [2.75, 3.05) is 18.6 Å². The third-order valence-corrected chi connectivity index (χ3v) is 5.20. The molecule has 0 N–H and O–H groups in total. The number of nitro benzene ring substituents is 1. The minimum absolute atomic E-state index is 0.0957. The highest BCUT2D eigenvalue weighted by Gasteiger charge is 2.38. The number of hydrogen-bond acceptors (Lipinski definition) is 6. The Labute approximate surface area is 187 Å². The average molecular weight is 487 g/mol. The first-order valence-corrected chi connectivity index (χ1v) is 10.1. The third kappa shape index (κ3) is 4.36. The number of nitro groups is 1. The highest BCUT2D eigenvalue weighted by atomic mass is 79.9. The summed E-state index contributed by atoms with van der Waals surface area (Å²) in [5.41, 5.74) is 1.34. The second-order valence-electron chi connectivity index (χ2n) is 6.54. The number of halogens is 1. The summed E-state index contributed by atoms with van der Waals surface area (Å²) >= 11 is 3.36. The van der Waals surface area contributed by atoms with Crippen molar-refractivity contribution in [3.8, 4) is 5.75 Å². The van der Waals surface area contributed by atoms with Crippen LogP contribution in [-0.4, -0.2) is 30.5 Å². The minimum Gasteiger partial charge on any atom is -0.490 e. The maximum atomic E-state index is 13.3. The van der Waals surface area contributed by atoms with Crippen LogP contribution < -0.4 is 9.64 Å². The standard InChI is InChI=1S/C22H19BrN2O6/c1-4-31-22(27)20-13(2)24(16-8-6-15(23)7-9-16)21(26)17(20)11-14-5-10-19(30-3)18(12-14)25(28)29/h5-12H,4H2,1-3H3/b17-11-. The van der Waals surface area contributed by atoms with E-state index < -0.39 is 16.8 Å². The molecule has 2 aromatic carbocycles. The van der Waals surface area contributed by atoms with Crippen LogP contribution in [0.2, 0.25) is 0 Å². The predicted molar refractivity (Wildman–Crippen MR) is 119 cm³/mol. The first kappa shape index (κ1) is 22.2. The maximum Gasteiger partial charge on any atom is 0.340 e. The molecule has 0 bridgehead atoms. The number of esters is 1. The summed E-state index contributed by atoms with van der Waals surface area (Å²) in [5.74, 6) is -0.970. The molecule has 1 heterocycles. The zero-order valence-corrected chi connectivity index (χ0v) is 18.6. The van der Waals surface area contributed by atoms with E-state index in [2.05, 4.69) is 15.9 Å². The van der Waals surface area contributed by atoms with Crippen molar-refractivity contribution in [1.82, 2.24) is 0 Å². The Bertz CT molecular complexity index is 1120. The number of amides is 1. The summed E-state index contributed by atoms with van der Waals surface area (Å²) < 4.78 is 11.0. The molecule has 31 heavy (non-hydrogen) atoms. The molecule has 1 aliphatic heterocycles. The lowest BCUT2D eigenvalue weighted by molar-refractivity contribution is -0.385. The Morgan fingerprint density at radius 2 is 1.90 bits per heavy atom. The van der Waals surface area contributed by atoms with Gasteiger partial charge in [-0.15, -0.1) is 0 Å². The summed E-state index contributed by atoms with van der Waals surface area (Å²) in [7, 11) is 1.34. The fourth-order valence-corrected chi connectivity index (χ4v) is 3.55. The van der Waals surface area contributed by atoms with Gasteiger partial charge in [-0.3, -0.25) is 19.8 Å². The van der Waals surface area contributed by atoms with Crippen molar-refractivity contribution < 1.29 is 24.0 Å². The van der Waals surface area contributed by atoms with Crippen molar-refractivity contribution >= 4 is 45.3 Å². The fourth-order valence-electron chi connectivity index (χ4n) is 3.29. The van der Waals surface area contributed by atoms with Gasteiger partial charge >= 0.3 is 11.7 Å². The normalized spacial score (nSPS) is 14.9. The SMILES string of the molecule is CCOC(=O)C1=C(C)N(c2ccc(Br)cc2)C(=O)/C1=C\c1ccc(OC)c([N+](=O)[O-])c1. The van der Waals surface area contributed by atoms with Gasteiger partial charge in [0.25, 0.3) is 5.91 Å². The number of allylic oxidation sites excluding steroid dienone is 1. The van der Waals surface area contributed by atoms with Gasteiger partial charge in [0.1, 0.15) is 0 Å². The van der Waals surface area contributed by atoms with Crippen molar-refractivity contribution in [2.45, 2.75) is 13.8 Å². The van der Waals surface area contributed by atoms with Crippen LogP contribution >= 0.6 is 15.9 Å². The van der Waals surface area contributed by atoms with Crippen molar-refractivity contribution in [3.05, 3.63) is 79.5 Å². The lowest BCUT2D eigenvalue weighted by Gasteiger charge is -2.18. The highest BCUT2D eigenvalue weighted by molar-refractivity contribution is 9.10. The van der Waals surface area contributed by atoms with E-state index >= 15 is 0 Å². The van der Waals surface area contributed by atoms with E-state index in [0.717, 1.165) is 4.47 Å². The predicted octanol–water partition coefficient (Wildman–Crippen LogP) is 4.63. The Morgan fingerprint density at radius 1 is 1.23 bits per heavy atom. The Kier molecular flexibility index (Phi) is 6.55. The van der Waals surface area contributed by atoms with E-state index in [4.69, 9.17) is 9.47 Å². The zero-order valence-electron chi connectivity index (χ0n) is 17.0. The van der Waals surface area contributed by atoms with Crippen LogP contribution in [0.3, 0.4) is 0 Å². The van der Waals surface area contributed by atoms with Crippen LogP contribution in [0.15, 0.2) is 63.8 Å². The molecule has 0 aliphatic carbocycles. The van der Waals surface area contributed by atoms with Crippen LogP contribution in [0.1, 0.15) is 19.4 Å². The van der Waals surface area contributed by atoms with E-state index in [1.54, 1.807) is 44.2 Å². The van der Waals surface area contributed by atoms with Gasteiger partial charge in [0.05, 0.1) is 29.8 Å². The maximum absolute atomic E-state index is 13.3. The molecule has 1 aliphatic rings. The van der Waals surface area contributed by atoms with Crippen LogP contribution in [0.5, 0.6) is 5.75 Å². The number of carbonyl (C=O) groups excluding carboxylic acids is 2. The molecular weight excluding hydrogens is 468 g/mol. The van der Waals surface area contributed by atoms with E-state index in [1.165, 1.54) is 30.2 Å². The molecule has 3 rings (SSSR count). The number of nitrogens with zero attached hydrogens (tertiary/aromatic N) is 2. The number of ether oxygens (including phenoxy) is 2. The number of rotatable bonds is 6. The summed E-state index contributed by atoms with van der Waals surface area (Å²) in [6.07, 6.45) is 1.45. The number of anilines is 1. The molecule has 0 saturated carbocycles. The molecule has 0 spiro atoms. The first-order valence-electron chi connectivity index (χ1n) is 9.31. The molecule has 8 nitrogen and oxygen atoms in total. The molecule has 0 aromatic heterocycles. The molecule has 160 valence electrons. The molecular formula is C22H19BrN2O6. The van der Waals surface area contributed by atoms with Gasteiger partial charge in [0.15, 0.2) is 5.75 Å². The molecule has 0 fully saturated rings. The van der Waals surface area contributed by atoms with Crippen molar-refractivity contribution in [1.29, 1.82) is 0 Å². The Balaban J connectivity index is 2.14. The van der Waals surface area contributed by atoms with Crippen LogP contribution in [0, 0.1) is 10.1 Å². The van der Waals surface area contributed by atoms with Gasteiger partial charge in [0.2, 0.25) is 0 Å². The monoisotopic (exact) mass is 486 g/mol. The lowest BCUT2D eigenvalue weighted by atomic mass is 10.0. The van der Waals surface area contributed by atoms with Gasteiger partial charge < -0.3 is 9.47 Å². The third-order valence-electron chi connectivity index (χ3n) is 4.68. The smallest absolute Gasteiger partial charge is 0.340 e. The van der Waals surface area contributed by atoms with Gasteiger partial charge in [-0.1, -0.05) is 22.0 Å². The summed E-state index contributed by atoms with van der Waals surface area (Å²) in [6, 6.07) is 11.4. The van der Waals surface area contributed by atoms with E-state index in [0.29, 0.717) is 16.9 Å². The van der Waals surface area contributed by atoms with Gasteiger partial charge in [-0.2, -0.15) is 0 Å². The van der Waals surface area contributed by atoms with Crippen LogP contribution in [0.25, 0.3) is 6.08 Å². The summed E-state index contributed by atoms with van der Waals surface area (Å²) in [4.78, 5) is 38.2. The molecule has 0 unspecified atom stereocenters. The average Bonchev–Trinajstić information content (AvgIpc) is 2.98. The van der Waals surface area contributed by atoms with Gasteiger partial charge in [-0.25, -0.2) is 4.79 Å². The van der Waals surface area contributed by atoms with Crippen molar-refractivity contribution in [2.24, 2.45) is 0 Å². The highest BCUT2D eigenvalue weighted by Crippen LogP contribution is 2.37. The molecule has 0 atom stereocenters. The fraction of sp³-hybridized carbons (Fsp3) is 0.182. The second kappa shape index (κ2) is 9.13. The summed E-state index contributed by atoms with van der Waals surface area (Å²) in [6.45, 7) is 3.47. The minimum atomic E-state index is -0.637. The number of benzene rings is 2. The van der Waals surface area contributed by atoms with Crippen LogP contribution in [-0.2, 0) is 14.3 Å². The molecule has 0 radical (unpaired) electrons. The second-order valence-corrected chi connectivity index (χ2v) is 7.46. The van der Waals surface area contributed by atoms with Crippen molar-refractivity contribution in [3.63, 3.8) is 0 Å². The Morgan fingerprint density at radius 3 is 2.48 bits per heavy atom. The summed E-state index contributed by atoms with van der Waals surface area (Å²) in [5, 5.41) is 11.4. The molecule has 9 heteroatoms. The van der Waals surface area contributed by atoms with Gasteiger partial charge in [-0.05, 0) is 55.8 Å². The van der Waals surface area contributed by atoms with Gasteiger partial charge in [0, 0.05) is 21.9 Å².